The van der Waals surface area contributed by atoms with E-state index in [4.69, 9.17) is 20.9 Å². The molecular weight excluding hydrogens is 456 g/mol. The second kappa shape index (κ2) is 21.8. The van der Waals surface area contributed by atoms with Crippen LogP contribution >= 0.6 is 0 Å². The Hall–Kier alpha value is -2.41. The van der Waals surface area contributed by atoms with Crippen molar-refractivity contribution in [3.63, 3.8) is 0 Å². The lowest BCUT2D eigenvalue weighted by molar-refractivity contribution is -0.147. The summed E-state index contributed by atoms with van der Waals surface area (Å²) in [6, 6.07) is 8.84. The number of carbonyl (C=O) groups is 3. The number of rotatable bonds is 23. The second-order valence-electron chi connectivity index (χ2n) is 9.63. The van der Waals surface area contributed by atoms with Crippen molar-refractivity contribution in [1.82, 2.24) is 0 Å². The van der Waals surface area contributed by atoms with Crippen LogP contribution in [0.5, 0.6) is 0 Å². The highest BCUT2D eigenvalue weighted by atomic mass is 16.5. The van der Waals surface area contributed by atoms with Gasteiger partial charge in [0.15, 0.2) is 0 Å². The summed E-state index contributed by atoms with van der Waals surface area (Å²) in [7, 11) is 0. The number of amides is 1. The summed E-state index contributed by atoms with van der Waals surface area (Å²) in [4.78, 5) is 34.5. The first-order valence-electron chi connectivity index (χ1n) is 13.9. The van der Waals surface area contributed by atoms with Gasteiger partial charge in [0.2, 0.25) is 5.91 Å². The van der Waals surface area contributed by atoms with Crippen LogP contribution in [0.1, 0.15) is 115 Å². The summed E-state index contributed by atoms with van der Waals surface area (Å²) in [5.41, 5.74) is 12.0. The van der Waals surface area contributed by atoms with E-state index in [1.54, 1.807) is 0 Å². The van der Waals surface area contributed by atoms with Gasteiger partial charge in [0, 0.05) is 12.8 Å². The normalized spacial score (nSPS) is 11.7. The maximum Gasteiger partial charge on any atom is 0.322 e. The summed E-state index contributed by atoms with van der Waals surface area (Å²) in [6.45, 7) is 0.667. The van der Waals surface area contributed by atoms with Gasteiger partial charge in [-0.1, -0.05) is 101 Å². The first-order chi connectivity index (χ1) is 17.5. The topological polar surface area (TPSA) is 122 Å². The fourth-order valence-corrected chi connectivity index (χ4v) is 4.02. The Kier molecular flexibility index (Phi) is 19.2. The highest BCUT2D eigenvalue weighted by Crippen LogP contribution is 2.13. The molecule has 1 rings (SSSR count). The monoisotopic (exact) mass is 504 g/mol. The van der Waals surface area contributed by atoms with E-state index in [1.807, 2.05) is 30.3 Å². The van der Waals surface area contributed by atoms with E-state index in [-0.39, 0.29) is 30.9 Å². The number of esters is 2. The van der Waals surface area contributed by atoms with E-state index in [9.17, 15) is 14.4 Å². The Balaban J connectivity index is 1.85. The quantitative estimate of drug-likeness (QED) is 0.145. The average Bonchev–Trinajstić information content (AvgIpc) is 2.87. The predicted molar refractivity (Wildman–Crippen MR) is 143 cm³/mol. The summed E-state index contributed by atoms with van der Waals surface area (Å²) in [6.07, 6.45) is 16.9. The highest BCUT2D eigenvalue weighted by molar-refractivity contribution is 5.75. The summed E-state index contributed by atoms with van der Waals surface area (Å²) < 4.78 is 10.5. The van der Waals surface area contributed by atoms with Crippen molar-refractivity contribution in [3.8, 4) is 0 Å². The average molecular weight is 505 g/mol. The molecule has 0 heterocycles. The van der Waals surface area contributed by atoms with Gasteiger partial charge in [0.05, 0.1) is 6.61 Å². The Morgan fingerprint density at radius 3 is 1.75 bits per heavy atom. The minimum absolute atomic E-state index is 0.192. The zero-order chi connectivity index (χ0) is 26.3. The Morgan fingerprint density at radius 1 is 0.667 bits per heavy atom. The third-order valence-corrected chi connectivity index (χ3v) is 6.25. The molecule has 0 radical (unpaired) electrons. The largest absolute Gasteiger partial charge is 0.465 e. The molecule has 1 aromatic rings. The molecule has 0 aliphatic carbocycles. The molecule has 0 saturated heterocycles. The number of nitrogens with two attached hydrogens (primary N) is 2. The maximum absolute atomic E-state index is 12.0. The minimum Gasteiger partial charge on any atom is -0.465 e. The molecule has 7 heteroatoms. The Bertz CT molecular complexity index is 711. The van der Waals surface area contributed by atoms with Crippen molar-refractivity contribution in [2.45, 2.75) is 122 Å². The van der Waals surface area contributed by atoms with Crippen LogP contribution in [-0.4, -0.2) is 30.5 Å². The molecule has 0 aliphatic rings. The number of carbonyl (C=O) groups excluding carboxylic acids is 3. The highest BCUT2D eigenvalue weighted by Gasteiger charge is 2.15. The molecule has 0 fully saturated rings. The van der Waals surface area contributed by atoms with Crippen molar-refractivity contribution >= 4 is 17.8 Å². The fourth-order valence-electron chi connectivity index (χ4n) is 4.02. The van der Waals surface area contributed by atoms with Crippen LogP contribution in [0.15, 0.2) is 30.3 Å². The Labute approximate surface area is 217 Å². The molecule has 1 aromatic carbocycles. The molecule has 4 N–H and O–H groups in total. The molecule has 204 valence electrons. The molecule has 1 amide bonds. The second-order valence-corrected chi connectivity index (χ2v) is 9.63. The lowest BCUT2D eigenvalue weighted by atomic mass is 10.0. The fraction of sp³-hybridized carbons (Fsp3) is 0.690. The first-order valence-corrected chi connectivity index (χ1v) is 13.9. The molecule has 0 unspecified atom stereocenters. The van der Waals surface area contributed by atoms with E-state index >= 15 is 0 Å². The van der Waals surface area contributed by atoms with E-state index in [1.165, 1.54) is 51.4 Å². The molecule has 0 aromatic heterocycles. The van der Waals surface area contributed by atoms with E-state index in [0.29, 0.717) is 25.9 Å². The third-order valence-electron chi connectivity index (χ3n) is 6.25. The maximum atomic E-state index is 12.0. The predicted octanol–water partition coefficient (Wildman–Crippen LogP) is 5.72. The smallest absolute Gasteiger partial charge is 0.322 e. The standard InChI is InChI=1S/C29H48N2O5/c30-26(20-17-22-28(33)36-24-25-18-13-12-14-19-25)29(34)35-23-16-11-9-7-5-3-1-2-4-6-8-10-15-21-27(31)32/h12-14,18-19,26H,1-11,15-17,20-24,30H2,(H2,31,32)/t26-/m1/s1. The van der Waals surface area contributed by atoms with Gasteiger partial charge in [-0.2, -0.15) is 0 Å². The minimum atomic E-state index is -0.693. The number of ether oxygens (including phenoxy) is 2. The Morgan fingerprint density at radius 2 is 1.19 bits per heavy atom. The third kappa shape index (κ3) is 18.9. The van der Waals surface area contributed by atoms with E-state index in [2.05, 4.69) is 0 Å². The number of primary amides is 1. The molecule has 0 bridgehead atoms. The molecule has 36 heavy (non-hydrogen) atoms. The van der Waals surface area contributed by atoms with Crippen LogP contribution in [-0.2, 0) is 30.5 Å². The SMILES string of the molecule is NC(=O)CCCCCCCCCCCCCCCOC(=O)[C@H](N)CCCC(=O)OCc1ccccc1. The molecule has 1 atom stereocenters. The first kappa shape index (κ1) is 31.6. The van der Waals surface area contributed by atoms with Gasteiger partial charge in [0.25, 0.3) is 0 Å². The van der Waals surface area contributed by atoms with Gasteiger partial charge in [-0.05, 0) is 31.2 Å². The van der Waals surface area contributed by atoms with Gasteiger partial charge in [-0.15, -0.1) is 0 Å². The zero-order valence-electron chi connectivity index (χ0n) is 22.1. The van der Waals surface area contributed by atoms with Crippen molar-refractivity contribution in [2.75, 3.05) is 6.61 Å². The molecule has 0 spiro atoms. The van der Waals surface area contributed by atoms with Crippen LogP contribution < -0.4 is 11.5 Å². The van der Waals surface area contributed by atoms with Crippen LogP contribution in [0, 0.1) is 0 Å². The van der Waals surface area contributed by atoms with Gasteiger partial charge >= 0.3 is 11.9 Å². The number of unbranched alkanes of at least 4 members (excludes halogenated alkanes) is 12. The lowest BCUT2D eigenvalue weighted by Gasteiger charge is -2.11. The van der Waals surface area contributed by atoms with Gasteiger partial charge in [-0.3, -0.25) is 14.4 Å². The van der Waals surface area contributed by atoms with Crippen LogP contribution in [0.25, 0.3) is 0 Å². The molecule has 0 saturated carbocycles. The van der Waals surface area contributed by atoms with Gasteiger partial charge < -0.3 is 20.9 Å². The van der Waals surface area contributed by atoms with E-state index < -0.39 is 6.04 Å². The zero-order valence-corrected chi connectivity index (χ0v) is 22.1. The van der Waals surface area contributed by atoms with Crippen molar-refractivity contribution in [3.05, 3.63) is 35.9 Å². The summed E-state index contributed by atoms with van der Waals surface area (Å²) in [5.74, 6) is -0.864. The summed E-state index contributed by atoms with van der Waals surface area (Å²) >= 11 is 0. The van der Waals surface area contributed by atoms with Crippen LogP contribution in [0.4, 0.5) is 0 Å². The number of hydrogen-bond donors (Lipinski definition) is 2. The lowest BCUT2D eigenvalue weighted by Crippen LogP contribution is -2.32. The van der Waals surface area contributed by atoms with Crippen molar-refractivity contribution in [1.29, 1.82) is 0 Å². The molecule has 0 aliphatic heterocycles. The molecular formula is C29H48N2O5. The van der Waals surface area contributed by atoms with Crippen LogP contribution in [0.2, 0.25) is 0 Å². The number of hydrogen-bond acceptors (Lipinski definition) is 6. The van der Waals surface area contributed by atoms with Crippen molar-refractivity contribution < 1.29 is 23.9 Å². The van der Waals surface area contributed by atoms with Crippen molar-refractivity contribution in [2.24, 2.45) is 11.5 Å². The molecule has 7 nitrogen and oxygen atoms in total. The van der Waals surface area contributed by atoms with Gasteiger partial charge in [-0.25, -0.2) is 0 Å². The van der Waals surface area contributed by atoms with Crippen LogP contribution in [0.3, 0.4) is 0 Å². The van der Waals surface area contributed by atoms with Gasteiger partial charge in [0.1, 0.15) is 12.6 Å². The number of benzene rings is 1. The summed E-state index contributed by atoms with van der Waals surface area (Å²) in [5, 5.41) is 0. The van der Waals surface area contributed by atoms with E-state index in [0.717, 1.165) is 37.7 Å².